The maximum absolute atomic E-state index is 14.9. The van der Waals surface area contributed by atoms with Crippen molar-refractivity contribution in [2.45, 2.75) is 22.5 Å². The largest absolute Gasteiger partial charge is 0.252 e. The molecule has 0 aromatic heterocycles. The van der Waals surface area contributed by atoms with Crippen LogP contribution in [-0.4, -0.2) is 19.6 Å². The summed E-state index contributed by atoms with van der Waals surface area (Å²) in [5.74, 6) is -1.49. The Kier molecular flexibility index (Phi) is 2.39. The number of hydrogen-bond acceptors (Lipinski definition) is 2. The third-order valence-electron chi connectivity index (χ3n) is 3.84. The van der Waals surface area contributed by atoms with Crippen LogP contribution < -0.4 is 0 Å². The van der Waals surface area contributed by atoms with Crippen LogP contribution >= 0.6 is 0 Å². The lowest BCUT2D eigenvalue weighted by Gasteiger charge is -2.29. The van der Waals surface area contributed by atoms with E-state index in [2.05, 4.69) is 0 Å². The molecule has 2 nitrogen and oxygen atoms in total. The van der Waals surface area contributed by atoms with Crippen LogP contribution in [0.4, 0.5) is 8.78 Å². The molecule has 0 unspecified atom stereocenters. The molecule has 1 aromatic rings. The number of sulfone groups is 1. The summed E-state index contributed by atoms with van der Waals surface area (Å²) < 4.78 is 53.5. The molecule has 18 heavy (non-hydrogen) atoms. The molecule has 0 saturated heterocycles. The summed E-state index contributed by atoms with van der Waals surface area (Å²) in [7, 11) is -4.31. The Labute approximate surface area is 104 Å². The normalized spacial score (nSPS) is 38.2. The Bertz CT molecular complexity index is 597. The van der Waals surface area contributed by atoms with Gasteiger partial charge in [0.05, 0.1) is 4.90 Å². The number of fused-ring (bicyclic) bond motifs is 2. The molecule has 1 aromatic carbocycles. The van der Waals surface area contributed by atoms with Crippen molar-refractivity contribution < 1.29 is 17.2 Å². The van der Waals surface area contributed by atoms with E-state index in [-0.39, 0.29) is 11.3 Å². The molecule has 0 spiro atoms. The van der Waals surface area contributed by atoms with Crippen molar-refractivity contribution in [3.05, 3.63) is 42.5 Å². The van der Waals surface area contributed by atoms with E-state index >= 15 is 0 Å². The van der Waals surface area contributed by atoms with Gasteiger partial charge < -0.3 is 0 Å². The minimum absolute atomic E-state index is 0.156. The van der Waals surface area contributed by atoms with Gasteiger partial charge >= 0.3 is 0 Å². The first kappa shape index (κ1) is 11.8. The molecule has 4 atom stereocenters. The van der Waals surface area contributed by atoms with Crippen LogP contribution in [0.1, 0.15) is 6.42 Å². The van der Waals surface area contributed by atoms with Crippen molar-refractivity contribution in [1.29, 1.82) is 0 Å². The maximum Gasteiger partial charge on any atom is 0.252 e. The lowest BCUT2D eigenvalue weighted by atomic mass is 10.0. The third kappa shape index (κ3) is 1.28. The van der Waals surface area contributed by atoms with Crippen molar-refractivity contribution in [1.82, 2.24) is 0 Å². The summed E-state index contributed by atoms with van der Waals surface area (Å²) in [4.78, 5) is -0.156. The van der Waals surface area contributed by atoms with Gasteiger partial charge in [0.15, 0.2) is 6.17 Å². The highest BCUT2D eigenvalue weighted by atomic mass is 32.2. The molecular weight excluding hydrogens is 258 g/mol. The zero-order valence-corrected chi connectivity index (χ0v) is 10.3. The average molecular weight is 270 g/mol. The molecule has 0 radical (unpaired) electrons. The van der Waals surface area contributed by atoms with E-state index in [1.165, 1.54) is 30.3 Å². The molecule has 1 saturated carbocycles. The van der Waals surface area contributed by atoms with Gasteiger partial charge in [0.25, 0.3) is 5.00 Å². The van der Waals surface area contributed by atoms with E-state index in [4.69, 9.17) is 0 Å². The number of rotatable bonds is 2. The number of alkyl halides is 2. The summed E-state index contributed by atoms with van der Waals surface area (Å²) >= 11 is 0. The fourth-order valence-electron chi connectivity index (χ4n) is 2.86. The molecule has 0 heterocycles. The van der Waals surface area contributed by atoms with Crippen molar-refractivity contribution in [3.63, 3.8) is 0 Å². The van der Waals surface area contributed by atoms with Crippen LogP contribution in [0.3, 0.4) is 0 Å². The van der Waals surface area contributed by atoms with E-state index in [1.54, 1.807) is 12.1 Å². The van der Waals surface area contributed by atoms with Crippen LogP contribution in [-0.2, 0) is 9.84 Å². The van der Waals surface area contributed by atoms with Gasteiger partial charge in [-0.25, -0.2) is 17.2 Å². The van der Waals surface area contributed by atoms with E-state index in [0.717, 1.165) is 0 Å². The van der Waals surface area contributed by atoms with Crippen LogP contribution in [0, 0.1) is 11.8 Å². The van der Waals surface area contributed by atoms with Crippen molar-refractivity contribution in [3.8, 4) is 0 Å². The summed E-state index contributed by atoms with van der Waals surface area (Å²) in [5, 5.41) is -2.81. The van der Waals surface area contributed by atoms with Crippen molar-refractivity contribution in [2.24, 2.45) is 11.8 Å². The highest BCUT2D eigenvalue weighted by Crippen LogP contribution is 2.54. The van der Waals surface area contributed by atoms with Gasteiger partial charge in [-0.3, -0.25) is 0 Å². The van der Waals surface area contributed by atoms with E-state index in [9.17, 15) is 17.2 Å². The second kappa shape index (κ2) is 3.63. The first-order chi connectivity index (χ1) is 8.48. The molecule has 1 fully saturated rings. The van der Waals surface area contributed by atoms with Gasteiger partial charge in [0.1, 0.15) is 0 Å². The zero-order valence-electron chi connectivity index (χ0n) is 9.46. The second-order valence-corrected chi connectivity index (χ2v) is 6.91. The lowest BCUT2D eigenvalue weighted by Crippen LogP contribution is -2.46. The lowest BCUT2D eigenvalue weighted by molar-refractivity contribution is 0.114. The molecule has 3 rings (SSSR count). The Morgan fingerprint density at radius 2 is 1.83 bits per heavy atom. The summed E-state index contributed by atoms with van der Waals surface area (Å²) in [6.45, 7) is 0. The summed E-state index contributed by atoms with van der Waals surface area (Å²) in [6, 6.07) is 7.26. The van der Waals surface area contributed by atoms with Crippen LogP contribution in [0.5, 0.6) is 0 Å². The fraction of sp³-hybridized carbons (Fsp3) is 0.385. The minimum atomic E-state index is -4.31. The van der Waals surface area contributed by atoms with E-state index in [0.29, 0.717) is 0 Å². The molecular formula is C13H12F2O2S. The minimum Gasteiger partial charge on any atom is -0.242 e. The molecule has 2 aliphatic rings. The summed E-state index contributed by atoms with van der Waals surface area (Å²) in [6.07, 6.45) is 1.33. The quantitative estimate of drug-likeness (QED) is 0.774. The van der Waals surface area contributed by atoms with Gasteiger partial charge in [-0.05, 0) is 18.6 Å². The molecule has 0 aliphatic heterocycles. The predicted molar refractivity (Wildman–Crippen MR) is 63.1 cm³/mol. The molecule has 0 amide bonds. The third-order valence-corrected chi connectivity index (χ3v) is 6.08. The number of halogens is 2. The zero-order chi connectivity index (χ0) is 13.0. The topological polar surface area (TPSA) is 34.1 Å². The van der Waals surface area contributed by atoms with Gasteiger partial charge in [-0.2, -0.15) is 0 Å². The average Bonchev–Trinajstić information content (AvgIpc) is 2.94. The Morgan fingerprint density at radius 1 is 1.17 bits per heavy atom. The Balaban J connectivity index is 2.13. The molecule has 5 heteroatoms. The number of benzene rings is 1. The number of hydrogen-bond donors (Lipinski definition) is 0. The highest BCUT2D eigenvalue weighted by Gasteiger charge is 2.65. The highest BCUT2D eigenvalue weighted by molar-refractivity contribution is 7.92. The first-order valence-electron chi connectivity index (χ1n) is 5.79. The molecule has 2 aliphatic carbocycles. The van der Waals surface area contributed by atoms with E-state index < -0.39 is 32.8 Å². The fourth-order valence-corrected chi connectivity index (χ4v) is 4.78. The van der Waals surface area contributed by atoms with Gasteiger partial charge in [0, 0.05) is 11.8 Å². The number of allylic oxidation sites excluding steroid dienone is 2. The van der Waals surface area contributed by atoms with Crippen LogP contribution in [0.25, 0.3) is 0 Å². The second-order valence-electron chi connectivity index (χ2n) is 4.81. The van der Waals surface area contributed by atoms with Crippen molar-refractivity contribution >= 4 is 9.84 Å². The van der Waals surface area contributed by atoms with Crippen LogP contribution in [0.2, 0.25) is 0 Å². The van der Waals surface area contributed by atoms with Gasteiger partial charge in [0.2, 0.25) is 9.84 Å². The molecule has 2 bridgehead atoms. The molecule has 96 valence electrons. The summed E-state index contributed by atoms with van der Waals surface area (Å²) in [5.41, 5.74) is 0. The molecule has 0 N–H and O–H groups in total. The van der Waals surface area contributed by atoms with Crippen molar-refractivity contribution in [2.75, 3.05) is 0 Å². The van der Waals surface area contributed by atoms with E-state index in [1.807, 2.05) is 0 Å². The SMILES string of the molecule is O=S(=O)(c1ccccc1)[C@@]1(F)[C@H](F)[C@@H]2C=C[C@H]1C2. The smallest absolute Gasteiger partial charge is 0.242 e. The predicted octanol–water partition coefficient (Wildman–Crippen LogP) is 2.67. The monoisotopic (exact) mass is 270 g/mol. The standard InChI is InChI=1S/C13H12F2O2S/c14-12-9-6-7-10(8-9)13(12,15)18(16,17)11-4-2-1-3-5-11/h1-7,9-10,12H,8H2/t9-,10+,12-,13-/m1/s1. The van der Waals surface area contributed by atoms with Gasteiger partial charge in [-0.15, -0.1) is 0 Å². The maximum atomic E-state index is 14.9. The first-order valence-corrected chi connectivity index (χ1v) is 7.27. The Morgan fingerprint density at radius 3 is 2.39 bits per heavy atom. The Hall–Kier alpha value is -1.23. The van der Waals surface area contributed by atoms with Gasteiger partial charge in [-0.1, -0.05) is 30.4 Å². The van der Waals surface area contributed by atoms with Crippen LogP contribution in [0.15, 0.2) is 47.4 Å².